The van der Waals surface area contributed by atoms with Crippen LogP contribution in [-0.4, -0.2) is 29.3 Å². The van der Waals surface area contributed by atoms with Gasteiger partial charge in [-0.15, -0.1) is 0 Å². The molecule has 1 aliphatic heterocycles. The van der Waals surface area contributed by atoms with Crippen LogP contribution < -0.4 is 0 Å². The Hall–Kier alpha value is -2.60. The summed E-state index contributed by atoms with van der Waals surface area (Å²) in [6.45, 7) is 1.96. The van der Waals surface area contributed by atoms with Crippen LogP contribution in [0.3, 0.4) is 0 Å². The van der Waals surface area contributed by atoms with Gasteiger partial charge in [-0.2, -0.15) is 0 Å². The molecular formula is C19H17F2NO3. The number of ketones is 1. The van der Waals surface area contributed by atoms with Crippen LogP contribution in [0.5, 0.6) is 0 Å². The zero-order valence-electron chi connectivity index (χ0n) is 13.6. The molecule has 0 amide bonds. The van der Waals surface area contributed by atoms with Crippen molar-refractivity contribution in [2.24, 2.45) is 0 Å². The second kappa shape index (κ2) is 7.11. The van der Waals surface area contributed by atoms with Crippen LogP contribution in [-0.2, 0) is 20.9 Å². The third-order valence-corrected chi connectivity index (χ3v) is 4.17. The maximum Gasteiger partial charge on any atom is 0.376 e. The van der Waals surface area contributed by atoms with Gasteiger partial charge in [-0.05, 0) is 24.6 Å². The van der Waals surface area contributed by atoms with E-state index in [0.717, 1.165) is 17.7 Å². The first kappa shape index (κ1) is 17.2. The van der Waals surface area contributed by atoms with Crippen molar-refractivity contribution in [2.45, 2.75) is 25.6 Å². The Balaban J connectivity index is 1.90. The fraction of sp³-hybridized carbons (Fsp3) is 0.263. The van der Waals surface area contributed by atoms with Gasteiger partial charge in [0.1, 0.15) is 17.7 Å². The summed E-state index contributed by atoms with van der Waals surface area (Å²) in [6.07, 6.45) is 0. The standard InChI is InChI=1S/C19H17F2NO3/c1-2-25-19(24)18(23)17-16(15-13(20)9-6-10-14(15)21)22(17)11-12-7-4-3-5-8-12/h3-10,16-17H,2,11H2,1H3/t16-,17-,22?/m1/s1. The molecular weight excluding hydrogens is 328 g/mol. The van der Waals surface area contributed by atoms with Crippen LogP contribution in [0, 0.1) is 11.6 Å². The molecule has 1 heterocycles. The van der Waals surface area contributed by atoms with Crippen LogP contribution in [0.1, 0.15) is 24.1 Å². The summed E-state index contributed by atoms with van der Waals surface area (Å²) in [5.41, 5.74) is 0.685. The monoisotopic (exact) mass is 345 g/mol. The van der Waals surface area contributed by atoms with E-state index < -0.39 is 35.5 Å². The van der Waals surface area contributed by atoms with Gasteiger partial charge < -0.3 is 4.74 Å². The van der Waals surface area contributed by atoms with Gasteiger partial charge in [0, 0.05) is 12.1 Å². The number of hydrogen-bond acceptors (Lipinski definition) is 4. The van der Waals surface area contributed by atoms with Crippen molar-refractivity contribution in [3.8, 4) is 0 Å². The largest absolute Gasteiger partial charge is 0.460 e. The van der Waals surface area contributed by atoms with Crippen LogP contribution in [0.25, 0.3) is 0 Å². The fourth-order valence-corrected chi connectivity index (χ4v) is 3.00. The van der Waals surface area contributed by atoms with E-state index in [1.54, 1.807) is 11.8 Å². The lowest BCUT2D eigenvalue weighted by atomic mass is 10.1. The minimum atomic E-state index is -0.982. The fourth-order valence-electron chi connectivity index (χ4n) is 3.00. The summed E-state index contributed by atoms with van der Waals surface area (Å²) >= 11 is 0. The topological polar surface area (TPSA) is 46.4 Å². The SMILES string of the molecule is CCOC(=O)C(=O)[C@H]1[C@@H](c2c(F)cccc2F)N1Cc1ccccc1. The second-order valence-electron chi connectivity index (χ2n) is 5.77. The van der Waals surface area contributed by atoms with Gasteiger partial charge in [0.05, 0.1) is 12.6 Å². The van der Waals surface area contributed by atoms with E-state index >= 15 is 0 Å². The smallest absolute Gasteiger partial charge is 0.376 e. The second-order valence-corrected chi connectivity index (χ2v) is 5.77. The Labute approximate surface area is 144 Å². The predicted molar refractivity (Wildman–Crippen MR) is 86.5 cm³/mol. The Morgan fingerprint density at radius 1 is 1.04 bits per heavy atom. The molecule has 3 rings (SSSR count). The molecule has 1 fully saturated rings. The molecule has 2 aromatic rings. The number of ether oxygens (including phenoxy) is 1. The first-order chi connectivity index (χ1) is 12.0. The average molecular weight is 345 g/mol. The van der Waals surface area contributed by atoms with Crippen molar-refractivity contribution in [2.75, 3.05) is 6.61 Å². The van der Waals surface area contributed by atoms with Crippen molar-refractivity contribution in [1.82, 2.24) is 4.90 Å². The molecule has 1 saturated heterocycles. The minimum Gasteiger partial charge on any atom is -0.460 e. The van der Waals surface area contributed by atoms with Crippen LogP contribution >= 0.6 is 0 Å². The van der Waals surface area contributed by atoms with Crippen LogP contribution in [0.2, 0.25) is 0 Å². The van der Waals surface area contributed by atoms with Crippen LogP contribution in [0.15, 0.2) is 48.5 Å². The third-order valence-electron chi connectivity index (χ3n) is 4.17. The molecule has 1 unspecified atom stereocenters. The summed E-state index contributed by atoms with van der Waals surface area (Å²) in [4.78, 5) is 25.7. The predicted octanol–water partition coefficient (Wildman–Crippen LogP) is 3.02. The zero-order chi connectivity index (χ0) is 18.0. The first-order valence-electron chi connectivity index (χ1n) is 7.99. The Morgan fingerprint density at radius 3 is 2.28 bits per heavy atom. The third kappa shape index (κ3) is 3.44. The van der Waals surface area contributed by atoms with Gasteiger partial charge in [-0.25, -0.2) is 13.6 Å². The van der Waals surface area contributed by atoms with E-state index in [9.17, 15) is 18.4 Å². The Bertz CT molecular complexity index is 774. The highest BCUT2D eigenvalue weighted by Gasteiger charge is 2.57. The van der Waals surface area contributed by atoms with Crippen LogP contribution in [0.4, 0.5) is 8.78 Å². The van der Waals surface area contributed by atoms with Crippen molar-refractivity contribution in [3.63, 3.8) is 0 Å². The first-order valence-corrected chi connectivity index (χ1v) is 7.99. The quantitative estimate of drug-likeness (QED) is 0.459. The highest BCUT2D eigenvalue weighted by Crippen LogP contribution is 2.46. The van der Waals surface area contributed by atoms with E-state index in [1.165, 1.54) is 6.07 Å². The molecule has 2 aromatic carbocycles. The number of nitrogens with zero attached hydrogens (tertiary/aromatic N) is 1. The molecule has 6 heteroatoms. The number of halogens is 2. The van der Waals surface area contributed by atoms with Gasteiger partial charge in [0.2, 0.25) is 0 Å². The molecule has 0 aliphatic carbocycles. The molecule has 0 spiro atoms. The van der Waals surface area contributed by atoms with Crippen molar-refractivity contribution in [1.29, 1.82) is 0 Å². The number of esters is 1. The lowest BCUT2D eigenvalue weighted by Gasteiger charge is -2.06. The molecule has 4 nitrogen and oxygen atoms in total. The Morgan fingerprint density at radius 2 is 1.68 bits per heavy atom. The molecule has 25 heavy (non-hydrogen) atoms. The minimum absolute atomic E-state index is 0.0642. The summed E-state index contributed by atoms with van der Waals surface area (Å²) in [6, 6.07) is 11.0. The van der Waals surface area contributed by atoms with Gasteiger partial charge >= 0.3 is 5.97 Å². The van der Waals surface area contributed by atoms with Gasteiger partial charge in [0.15, 0.2) is 0 Å². The van der Waals surface area contributed by atoms with Gasteiger partial charge in [0.25, 0.3) is 5.78 Å². The molecule has 130 valence electrons. The molecule has 1 aliphatic rings. The molecule has 0 aromatic heterocycles. The molecule has 0 saturated carbocycles. The summed E-state index contributed by atoms with van der Waals surface area (Å²) in [5, 5.41) is 0. The van der Waals surface area contributed by atoms with E-state index in [-0.39, 0.29) is 12.2 Å². The molecule has 3 atom stereocenters. The number of rotatable bonds is 6. The van der Waals surface area contributed by atoms with Crippen molar-refractivity contribution >= 4 is 11.8 Å². The van der Waals surface area contributed by atoms with E-state index in [2.05, 4.69) is 0 Å². The Kier molecular flexibility index (Phi) is 4.90. The number of carbonyl (C=O) groups is 2. The molecule has 0 radical (unpaired) electrons. The van der Waals surface area contributed by atoms with E-state index in [0.29, 0.717) is 6.54 Å². The zero-order valence-corrected chi connectivity index (χ0v) is 13.6. The lowest BCUT2D eigenvalue weighted by molar-refractivity contribution is -0.153. The number of carbonyl (C=O) groups excluding carboxylic acids is 2. The maximum atomic E-state index is 14.1. The number of Topliss-reactive ketones (excluding diaryl/α,β-unsaturated/α-hetero) is 1. The summed E-state index contributed by atoms with van der Waals surface area (Å²) < 4.78 is 33.0. The number of hydrogen-bond donors (Lipinski definition) is 0. The maximum absolute atomic E-state index is 14.1. The van der Waals surface area contributed by atoms with Crippen molar-refractivity contribution < 1.29 is 23.1 Å². The van der Waals surface area contributed by atoms with Crippen molar-refractivity contribution in [3.05, 3.63) is 71.3 Å². The summed E-state index contributed by atoms with van der Waals surface area (Å²) in [7, 11) is 0. The van der Waals surface area contributed by atoms with Gasteiger partial charge in [-0.3, -0.25) is 9.69 Å². The lowest BCUT2D eigenvalue weighted by Crippen LogP contribution is -2.25. The highest BCUT2D eigenvalue weighted by atomic mass is 19.1. The van der Waals surface area contributed by atoms with Gasteiger partial charge in [-0.1, -0.05) is 36.4 Å². The molecule has 0 N–H and O–H groups in total. The normalized spacial score (nSPS) is 21.6. The summed E-state index contributed by atoms with van der Waals surface area (Å²) in [5.74, 6) is -3.24. The number of benzene rings is 2. The van der Waals surface area contributed by atoms with E-state index in [4.69, 9.17) is 4.74 Å². The van der Waals surface area contributed by atoms with E-state index in [1.807, 2.05) is 30.3 Å². The highest BCUT2D eigenvalue weighted by molar-refractivity contribution is 6.36. The molecule has 0 bridgehead atoms. The average Bonchev–Trinajstić information content (AvgIpc) is 3.28.